The molecule has 0 fully saturated rings. The quantitative estimate of drug-likeness (QED) is 0.167. The number of carboxylic acid groups (broad SMARTS) is 2. The molecule has 188 valence electrons. The first-order chi connectivity index (χ1) is 15.9. The lowest BCUT2D eigenvalue weighted by molar-refractivity contribution is -0.147. The smallest absolute Gasteiger partial charge is 0.326 e. The normalized spacial score (nSPS) is 14.4. The van der Waals surface area contributed by atoms with Gasteiger partial charge in [-0.3, -0.25) is 19.2 Å². The number of hydrogen-bond donors (Lipinski definition) is 7. The Hall–Kier alpha value is -3.51. The highest BCUT2D eigenvalue weighted by atomic mass is 16.4. The molecule has 0 saturated heterocycles. The van der Waals surface area contributed by atoms with E-state index in [9.17, 15) is 29.1 Å². The number of carbonyl (C=O) groups is 5. The third-order valence-electron chi connectivity index (χ3n) is 4.79. The number of carbonyl (C=O) groups excluding carboxylic acids is 3. The minimum atomic E-state index is -1.76. The first-order valence-electron chi connectivity index (χ1n) is 10.7. The van der Waals surface area contributed by atoms with Gasteiger partial charge in [0.2, 0.25) is 17.7 Å². The molecular formula is C22H32N4O8. The van der Waals surface area contributed by atoms with Gasteiger partial charge in [0, 0.05) is 6.42 Å². The highest BCUT2D eigenvalue weighted by Gasteiger charge is 2.31. The van der Waals surface area contributed by atoms with E-state index in [2.05, 4.69) is 10.6 Å². The molecule has 1 aromatic carbocycles. The predicted molar refractivity (Wildman–Crippen MR) is 120 cm³/mol. The lowest BCUT2D eigenvalue weighted by atomic mass is 10.0. The summed E-state index contributed by atoms with van der Waals surface area (Å²) < 4.78 is 0. The maximum atomic E-state index is 12.9. The topological polar surface area (TPSA) is 208 Å². The standard InChI is InChI=1S/C22H32N4O8/c1-12(2)8-14(23)19(30)24-15(9-13-6-4-3-5-7-13)20(31)26-17(11-27)21(32)25-16(22(33)34)10-18(28)29/h3-7,12,14-17,27H,8-11,23H2,1-2H3,(H,24,30)(H,25,32)(H,26,31)(H,28,29)(H,33,34). The van der Waals surface area contributed by atoms with Crippen LogP contribution >= 0.6 is 0 Å². The van der Waals surface area contributed by atoms with Crippen molar-refractivity contribution in [2.45, 2.75) is 57.3 Å². The molecule has 3 amide bonds. The van der Waals surface area contributed by atoms with Crippen LogP contribution in [-0.2, 0) is 30.4 Å². The summed E-state index contributed by atoms with van der Waals surface area (Å²) in [5.41, 5.74) is 6.61. The van der Waals surface area contributed by atoms with Crippen molar-refractivity contribution in [1.29, 1.82) is 0 Å². The zero-order valence-electron chi connectivity index (χ0n) is 19.1. The van der Waals surface area contributed by atoms with Gasteiger partial charge in [0.25, 0.3) is 0 Å². The van der Waals surface area contributed by atoms with Gasteiger partial charge in [0.1, 0.15) is 18.1 Å². The van der Waals surface area contributed by atoms with Gasteiger partial charge in [-0.15, -0.1) is 0 Å². The third-order valence-corrected chi connectivity index (χ3v) is 4.79. The number of rotatable bonds is 14. The van der Waals surface area contributed by atoms with Crippen LogP contribution in [0.1, 0.15) is 32.3 Å². The molecule has 0 aliphatic heterocycles. The minimum Gasteiger partial charge on any atom is -0.481 e. The van der Waals surface area contributed by atoms with Crippen molar-refractivity contribution in [2.24, 2.45) is 11.7 Å². The van der Waals surface area contributed by atoms with E-state index in [1.54, 1.807) is 30.3 Å². The maximum absolute atomic E-state index is 12.9. The zero-order valence-corrected chi connectivity index (χ0v) is 19.1. The molecule has 0 aliphatic carbocycles. The molecule has 1 aromatic rings. The van der Waals surface area contributed by atoms with Gasteiger partial charge in [-0.25, -0.2) is 4.79 Å². The van der Waals surface area contributed by atoms with Gasteiger partial charge in [0.05, 0.1) is 19.1 Å². The molecule has 0 aliphatic rings. The number of nitrogens with one attached hydrogen (secondary N) is 3. The first kappa shape index (κ1) is 28.5. The zero-order chi connectivity index (χ0) is 25.8. The summed E-state index contributed by atoms with van der Waals surface area (Å²) >= 11 is 0. The molecule has 1 rings (SSSR count). The monoisotopic (exact) mass is 480 g/mol. The van der Waals surface area contributed by atoms with Crippen LogP contribution < -0.4 is 21.7 Å². The van der Waals surface area contributed by atoms with Crippen molar-refractivity contribution < 1.29 is 39.3 Å². The van der Waals surface area contributed by atoms with Gasteiger partial charge in [-0.1, -0.05) is 44.2 Å². The lowest BCUT2D eigenvalue weighted by Crippen LogP contribution is -2.58. The Morgan fingerprint density at radius 3 is 1.88 bits per heavy atom. The molecule has 4 unspecified atom stereocenters. The van der Waals surface area contributed by atoms with Gasteiger partial charge >= 0.3 is 11.9 Å². The van der Waals surface area contributed by atoms with E-state index < -0.39 is 66.9 Å². The van der Waals surface area contributed by atoms with Crippen LogP contribution in [0.4, 0.5) is 0 Å². The second-order valence-electron chi connectivity index (χ2n) is 8.23. The highest BCUT2D eigenvalue weighted by Crippen LogP contribution is 2.07. The molecule has 12 heteroatoms. The molecule has 0 heterocycles. The number of aliphatic carboxylic acids is 2. The SMILES string of the molecule is CC(C)CC(N)C(=O)NC(Cc1ccccc1)C(=O)NC(CO)C(=O)NC(CC(=O)O)C(=O)O. The fourth-order valence-corrected chi connectivity index (χ4v) is 3.07. The van der Waals surface area contributed by atoms with Crippen molar-refractivity contribution in [3.8, 4) is 0 Å². The summed E-state index contributed by atoms with van der Waals surface area (Å²) in [6.07, 6.45) is -0.454. The molecule has 4 atom stereocenters. The number of aliphatic hydroxyl groups is 1. The number of hydrogen-bond acceptors (Lipinski definition) is 7. The largest absolute Gasteiger partial charge is 0.481 e. The maximum Gasteiger partial charge on any atom is 0.326 e. The molecule has 34 heavy (non-hydrogen) atoms. The Kier molecular flexibility index (Phi) is 11.7. The Labute approximate surface area is 196 Å². The van der Waals surface area contributed by atoms with Gasteiger partial charge < -0.3 is 37.0 Å². The molecule has 0 saturated carbocycles. The summed E-state index contributed by atoms with van der Waals surface area (Å²) in [6, 6.07) is 3.38. The second kappa shape index (κ2) is 13.9. The van der Waals surface area contributed by atoms with E-state index >= 15 is 0 Å². The number of carboxylic acids is 2. The van der Waals surface area contributed by atoms with Crippen LogP contribution in [0.3, 0.4) is 0 Å². The summed E-state index contributed by atoms with van der Waals surface area (Å²) in [7, 11) is 0. The van der Waals surface area contributed by atoms with E-state index in [1.807, 2.05) is 19.2 Å². The Bertz CT molecular complexity index is 862. The highest BCUT2D eigenvalue weighted by molar-refractivity contribution is 5.94. The van der Waals surface area contributed by atoms with Crippen LogP contribution in [0, 0.1) is 5.92 Å². The van der Waals surface area contributed by atoms with Crippen molar-refractivity contribution in [1.82, 2.24) is 16.0 Å². The number of nitrogens with two attached hydrogens (primary N) is 1. The lowest BCUT2D eigenvalue weighted by Gasteiger charge is -2.24. The van der Waals surface area contributed by atoms with Crippen LogP contribution in [0.25, 0.3) is 0 Å². The predicted octanol–water partition coefficient (Wildman–Crippen LogP) is -1.39. The molecule has 8 N–H and O–H groups in total. The molecule has 0 aromatic heterocycles. The van der Waals surface area contributed by atoms with E-state index in [0.29, 0.717) is 12.0 Å². The summed E-state index contributed by atoms with van der Waals surface area (Å²) in [6.45, 7) is 2.89. The average Bonchev–Trinajstić information content (AvgIpc) is 2.75. The second-order valence-corrected chi connectivity index (χ2v) is 8.23. The summed E-state index contributed by atoms with van der Waals surface area (Å²) in [5, 5.41) is 34.3. The molecule has 0 radical (unpaired) electrons. The Balaban J connectivity index is 2.98. The summed E-state index contributed by atoms with van der Waals surface area (Å²) in [5.74, 6) is -5.38. The Morgan fingerprint density at radius 2 is 1.38 bits per heavy atom. The van der Waals surface area contributed by atoms with Gasteiger partial charge in [-0.05, 0) is 17.9 Å². The minimum absolute atomic E-state index is 0.0589. The van der Waals surface area contributed by atoms with Gasteiger partial charge in [0.15, 0.2) is 0 Å². The van der Waals surface area contributed by atoms with E-state index in [1.165, 1.54) is 0 Å². The molecule has 0 spiro atoms. The van der Waals surface area contributed by atoms with Gasteiger partial charge in [-0.2, -0.15) is 0 Å². The number of benzene rings is 1. The van der Waals surface area contributed by atoms with Crippen LogP contribution in [-0.4, -0.2) is 75.8 Å². The van der Waals surface area contributed by atoms with Crippen LogP contribution in [0.5, 0.6) is 0 Å². The number of amides is 3. The molecule has 0 bridgehead atoms. The Morgan fingerprint density at radius 1 is 0.853 bits per heavy atom. The van der Waals surface area contributed by atoms with Crippen LogP contribution in [0.15, 0.2) is 30.3 Å². The van der Waals surface area contributed by atoms with Crippen molar-refractivity contribution >= 4 is 29.7 Å². The molecule has 12 nitrogen and oxygen atoms in total. The third kappa shape index (κ3) is 9.96. The van der Waals surface area contributed by atoms with E-state index in [-0.39, 0.29) is 12.3 Å². The first-order valence-corrected chi connectivity index (χ1v) is 10.7. The van der Waals surface area contributed by atoms with Crippen molar-refractivity contribution in [3.63, 3.8) is 0 Å². The summed E-state index contributed by atoms with van der Waals surface area (Å²) in [4.78, 5) is 59.9. The fraction of sp³-hybridized carbons (Fsp3) is 0.500. The van der Waals surface area contributed by atoms with Crippen molar-refractivity contribution in [3.05, 3.63) is 35.9 Å². The number of aliphatic hydroxyl groups excluding tert-OH is 1. The fourth-order valence-electron chi connectivity index (χ4n) is 3.07. The van der Waals surface area contributed by atoms with E-state index in [0.717, 1.165) is 0 Å². The average molecular weight is 481 g/mol. The molecular weight excluding hydrogens is 448 g/mol. The van der Waals surface area contributed by atoms with Crippen LogP contribution in [0.2, 0.25) is 0 Å². The van der Waals surface area contributed by atoms with Crippen molar-refractivity contribution in [2.75, 3.05) is 6.61 Å². The van der Waals surface area contributed by atoms with E-state index in [4.69, 9.17) is 15.9 Å².